The molecule has 0 aliphatic carbocycles. The van der Waals surface area contributed by atoms with Gasteiger partial charge in [-0.1, -0.05) is 30.3 Å². The van der Waals surface area contributed by atoms with Crippen LogP contribution in [0.15, 0.2) is 36.5 Å². The number of hydrogen-bond donors (Lipinski definition) is 1. The molecule has 2 atom stereocenters. The van der Waals surface area contributed by atoms with E-state index in [0.717, 1.165) is 42.9 Å². The molecule has 1 aliphatic heterocycles. The van der Waals surface area contributed by atoms with Crippen molar-refractivity contribution in [3.63, 3.8) is 0 Å². The minimum Gasteiger partial charge on any atom is -0.372 e. The van der Waals surface area contributed by atoms with Crippen molar-refractivity contribution in [2.45, 2.75) is 38.3 Å². The lowest BCUT2D eigenvalue weighted by molar-refractivity contribution is -0.145. The van der Waals surface area contributed by atoms with Gasteiger partial charge < -0.3 is 14.6 Å². The summed E-state index contributed by atoms with van der Waals surface area (Å²) < 4.78 is 5.20. The van der Waals surface area contributed by atoms with Gasteiger partial charge in [0.15, 0.2) is 0 Å². The van der Waals surface area contributed by atoms with Gasteiger partial charge in [0, 0.05) is 25.4 Å². The Labute approximate surface area is 136 Å². The highest BCUT2D eigenvalue weighted by molar-refractivity contribution is 5.81. The number of methoxy groups -OCH3 is 1. The summed E-state index contributed by atoms with van der Waals surface area (Å²) in [5.74, 6) is 0.898. The first-order valence-corrected chi connectivity index (χ1v) is 8.14. The summed E-state index contributed by atoms with van der Waals surface area (Å²) in [6, 6.07) is 10.1. The van der Waals surface area contributed by atoms with Gasteiger partial charge in [-0.3, -0.25) is 4.79 Å². The van der Waals surface area contributed by atoms with Crippen LogP contribution in [0.3, 0.4) is 0 Å². The van der Waals surface area contributed by atoms with Gasteiger partial charge in [-0.25, -0.2) is 4.98 Å². The fourth-order valence-corrected chi connectivity index (χ4v) is 3.08. The maximum atomic E-state index is 12.5. The molecule has 1 aromatic carbocycles. The third-order valence-electron chi connectivity index (χ3n) is 4.47. The molecule has 1 saturated heterocycles. The van der Waals surface area contributed by atoms with Gasteiger partial charge in [0.1, 0.15) is 11.9 Å². The number of aromatic amines is 1. The zero-order valence-electron chi connectivity index (χ0n) is 13.7. The topological polar surface area (TPSA) is 58.2 Å². The summed E-state index contributed by atoms with van der Waals surface area (Å²) >= 11 is 0. The van der Waals surface area contributed by atoms with E-state index in [1.165, 1.54) is 0 Å². The van der Waals surface area contributed by atoms with Crippen molar-refractivity contribution in [3.8, 4) is 11.3 Å². The monoisotopic (exact) mass is 313 g/mol. The minimum atomic E-state index is -0.417. The molecule has 0 radical (unpaired) electrons. The predicted molar refractivity (Wildman–Crippen MR) is 88.8 cm³/mol. The van der Waals surface area contributed by atoms with Crippen LogP contribution >= 0.6 is 0 Å². The van der Waals surface area contributed by atoms with Crippen LogP contribution in [0, 0.1) is 0 Å². The average molecular weight is 313 g/mol. The van der Waals surface area contributed by atoms with E-state index in [9.17, 15) is 4.79 Å². The summed E-state index contributed by atoms with van der Waals surface area (Å²) in [7, 11) is 1.57. The first-order chi connectivity index (χ1) is 11.2. The molecule has 3 rings (SSSR count). The highest BCUT2D eigenvalue weighted by atomic mass is 16.5. The summed E-state index contributed by atoms with van der Waals surface area (Å²) in [6.45, 7) is 2.56. The molecule has 5 heteroatoms. The van der Waals surface area contributed by atoms with Crippen molar-refractivity contribution in [1.82, 2.24) is 14.9 Å². The molecule has 0 saturated carbocycles. The maximum absolute atomic E-state index is 12.5. The zero-order valence-corrected chi connectivity index (χ0v) is 13.7. The Kier molecular flexibility index (Phi) is 4.76. The molecular weight excluding hydrogens is 290 g/mol. The van der Waals surface area contributed by atoms with Gasteiger partial charge in [0.2, 0.25) is 0 Å². The van der Waals surface area contributed by atoms with E-state index in [-0.39, 0.29) is 11.9 Å². The van der Waals surface area contributed by atoms with Crippen LogP contribution in [-0.4, -0.2) is 40.5 Å². The first-order valence-electron chi connectivity index (χ1n) is 8.14. The molecule has 0 bridgehead atoms. The summed E-state index contributed by atoms with van der Waals surface area (Å²) in [6.07, 6.45) is 4.58. The number of imidazole rings is 1. The van der Waals surface area contributed by atoms with Crippen LogP contribution in [0.5, 0.6) is 0 Å². The van der Waals surface area contributed by atoms with Gasteiger partial charge in [0.25, 0.3) is 5.91 Å². The predicted octanol–water partition coefficient (Wildman–Crippen LogP) is 3.17. The molecule has 1 N–H and O–H groups in total. The third kappa shape index (κ3) is 3.29. The molecular formula is C18H23N3O2. The number of nitrogens with zero attached hydrogens (tertiary/aromatic N) is 2. The lowest BCUT2D eigenvalue weighted by atomic mass is 10.0. The van der Waals surface area contributed by atoms with Crippen molar-refractivity contribution in [2.75, 3.05) is 13.7 Å². The smallest absolute Gasteiger partial charge is 0.252 e. The second-order valence-corrected chi connectivity index (χ2v) is 5.96. The number of aromatic nitrogens is 2. The minimum absolute atomic E-state index is 0.00584. The Morgan fingerprint density at radius 2 is 2.13 bits per heavy atom. The number of benzene rings is 1. The fraction of sp³-hybridized carbons (Fsp3) is 0.444. The normalized spacial score (nSPS) is 19.6. The van der Waals surface area contributed by atoms with Crippen LogP contribution in [-0.2, 0) is 9.53 Å². The van der Waals surface area contributed by atoms with Crippen LogP contribution in [0.1, 0.15) is 38.1 Å². The quantitative estimate of drug-likeness (QED) is 0.943. The van der Waals surface area contributed by atoms with Crippen molar-refractivity contribution in [2.24, 2.45) is 0 Å². The van der Waals surface area contributed by atoms with Crippen molar-refractivity contribution in [1.29, 1.82) is 0 Å². The van der Waals surface area contributed by atoms with Crippen molar-refractivity contribution >= 4 is 5.91 Å². The second-order valence-electron chi connectivity index (χ2n) is 5.96. The van der Waals surface area contributed by atoms with Crippen LogP contribution in [0.2, 0.25) is 0 Å². The Balaban J connectivity index is 1.84. The summed E-state index contributed by atoms with van der Waals surface area (Å²) in [5.41, 5.74) is 1.99. The number of piperidine rings is 1. The number of carbonyl (C=O) groups excluding carboxylic acids is 1. The molecule has 2 aromatic rings. The summed E-state index contributed by atoms with van der Waals surface area (Å²) in [5, 5.41) is 0. The van der Waals surface area contributed by atoms with E-state index in [2.05, 4.69) is 4.98 Å². The molecule has 1 fully saturated rings. The van der Waals surface area contributed by atoms with Gasteiger partial charge in [-0.2, -0.15) is 0 Å². The molecule has 1 amide bonds. The van der Waals surface area contributed by atoms with Crippen LogP contribution in [0.4, 0.5) is 0 Å². The largest absolute Gasteiger partial charge is 0.372 e. The Morgan fingerprint density at radius 1 is 1.35 bits per heavy atom. The highest BCUT2D eigenvalue weighted by Gasteiger charge is 2.32. The highest BCUT2D eigenvalue weighted by Crippen LogP contribution is 2.31. The SMILES string of the molecule is COC(C)C(=O)N1CCCCC1c1nc(-c2ccccc2)c[nH]1. The lowest BCUT2D eigenvalue weighted by Crippen LogP contribution is -2.44. The van der Waals surface area contributed by atoms with E-state index in [1.807, 2.05) is 41.4 Å². The van der Waals surface area contributed by atoms with Gasteiger partial charge in [-0.05, 0) is 26.2 Å². The Hall–Kier alpha value is -2.14. The van der Waals surface area contributed by atoms with E-state index in [4.69, 9.17) is 9.72 Å². The van der Waals surface area contributed by atoms with E-state index in [0.29, 0.717) is 0 Å². The zero-order chi connectivity index (χ0) is 16.2. The van der Waals surface area contributed by atoms with E-state index >= 15 is 0 Å². The number of likely N-dealkylation sites (tertiary alicyclic amines) is 1. The van der Waals surface area contributed by atoms with Crippen molar-refractivity contribution in [3.05, 3.63) is 42.4 Å². The van der Waals surface area contributed by atoms with Gasteiger partial charge >= 0.3 is 0 Å². The molecule has 0 spiro atoms. The molecule has 5 nitrogen and oxygen atoms in total. The first kappa shape index (κ1) is 15.7. The maximum Gasteiger partial charge on any atom is 0.252 e. The molecule has 23 heavy (non-hydrogen) atoms. The van der Waals surface area contributed by atoms with Crippen molar-refractivity contribution < 1.29 is 9.53 Å². The average Bonchev–Trinajstić information content (AvgIpc) is 3.11. The number of nitrogens with one attached hydrogen (secondary N) is 1. The fourth-order valence-electron chi connectivity index (χ4n) is 3.08. The number of rotatable bonds is 4. The standard InChI is InChI=1S/C18H23N3O2/c1-13(23-2)18(22)21-11-7-6-10-16(21)17-19-12-15(20-17)14-8-4-3-5-9-14/h3-5,8-9,12-13,16H,6-7,10-11H2,1-2H3,(H,19,20). The van der Waals surface area contributed by atoms with Crippen LogP contribution in [0.25, 0.3) is 11.3 Å². The van der Waals surface area contributed by atoms with E-state index < -0.39 is 6.10 Å². The Bertz CT molecular complexity index is 653. The third-order valence-corrected chi connectivity index (χ3v) is 4.47. The number of H-pyrrole nitrogens is 1. The molecule has 2 heterocycles. The number of hydrogen-bond acceptors (Lipinski definition) is 3. The number of carbonyl (C=O) groups is 1. The lowest BCUT2D eigenvalue weighted by Gasteiger charge is -2.35. The Morgan fingerprint density at radius 3 is 2.87 bits per heavy atom. The number of ether oxygens (including phenoxy) is 1. The molecule has 2 unspecified atom stereocenters. The second kappa shape index (κ2) is 6.96. The molecule has 1 aliphatic rings. The van der Waals surface area contributed by atoms with Gasteiger partial charge in [0.05, 0.1) is 11.7 Å². The molecule has 122 valence electrons. The summed E-state index contributed by atoms with van der Waals surface area (Å²) in [4.78, 5) is 22.5. The van der Waals surface area contributed by atoms with Crippen LogP contribution < -0.4 is 0 Å². The van der Waals surface area contributed by atoms with Gasteiger partial charge in [-0.15, -0.1) is 0 Å². The number of amides is 1. The van der Waals surface area contributed by atoms with E-state index in [1.54, 1.807) is 14.0 Å². The molecule has 1 aromatic heterocycles.